The topological polar surface area (TPSA) is 26.3 Å². The van der Waals surface area contributed by atoms with Gasteiger partial charge in [-0.1, -0.05) is 38.3 Å². The Hall–Kier alpha value is -1.02. The predicted octanol–water partition coefficient (Wildman–Crippen LogP) is 4.34. The Bertz CT molecular complexity index is 346. The summed E-state index contributed by atoms with van der Waals surface area (Å²) in [5.41, 5.74) is 1.11. The van der Waals surface area contributed by atoms with Crippen molar-refractivity contribution in [1.29, 1.82) is 0 Å². The van der Waals surface area contributed by atoms with E-state index in [9.17, 15) is 4.79 Å². The first-order chi connectivity index (χ1) is 8.72. The van der Waals surface area contributed by atoms with Crippen LogP contribution in [0.5, 0.6) is 5.75 Å². The van der Waals surface area contributed by atoms with E-state index in [0.717, 1.165) is 24.3 Å². The van der Waals surface area contributed by atoms with Gasteiger partial charge in [0.15, 0.2) is 0 Å². The van der Waals surface area contributed by atoms with Crippen LogP contribution in [0.3, 0.4) is 0 Å². The van der Waals surface area contributed by atoms with E-state index >= 15 is 0 Å². The van der Waals surface area contributed by atoms with E-state index in [4.69, 9.17) is 16.3 Å². The average Bonchev–Trinajstić information content (AvgIpc) is 2.37. The minimum absolute atomic E-state index is 0.286. The smallest absolute Gasteiger partial charge is 0.221 e. The number of hydrogen-bond donors (Lipinski definition) is 0. The van der Waals surface area contributed by atoms with Crippen molar-refractivity contribution in [3.8, 4) is 5.75 Å². The van der Waals surface area contributed by atoms with E-state index in [2.05, 4.69) is 6.92 Å². The quantitative estimate of drug-likeness (QED) is 0.492. The van der Waals surface area contributed by atoms with Crippen LogP contribution < -0.4 is 4.74 Å². The van der Waals surface area contributed by atoms with Crippen LogP contribution in [0.2, 0.25) is 0 Å². The molecule has 1 aromatic rings. The van der Waals surface area contributed by atoms with Gasteiger partial charge >= 0.3 is 0 Å². The fourth-order valence-corrected chi connectivity index (χ4v) is 1.81. The Balaban J connectivity index is 2.25. The maximum absolute atomic E-state index is 10.7. The summed E-state index contributed by atoms with van der Waals surface area (Å²) in [5, 5.41) is -0.286. The zero-order valence-electron chi connectivity index (χ0n) is 11.0. The summed E-state index contributed by atoms with van der Waals surface area (Å²) < 4.78 is 5.64. The standard InChI is InChI=1S/C15H21ClO2/c1-2-3-4-5-12-18-14-9-6-13(7-10-14)8-11-15(16)17/h6-7,9-10H,2-5,8,11-12H2,1H3. The third kappa shape index (κ3) is 6.65. The van der Waals surface area contributed by atoms with E-state index in [0.29, 0.717) is 12.8 Å². The molecular formula is C15H21ClO2. The summed E-state index contributed by atoms with van der Waals surface area (Å²) in [5.74, 6) is 0.896. The first-order valence-corrected chi connectivity index (χ1v) is 7.00. The van der Waals surface area contributed by atoms with Crippen LogP contribution in [0.25, 0.3) is 0 Å². The Morgan fingerprint density at radius 3 is 2.50 bits per heavy atom. The molecule has 0 fully saturated rings. The number of benzene rings is 1. The molecule has 0 aliphatic carbocycles. The van der Waals surface area contributed by atoms with Gasteiger partial charge in [-0.3, -0.25) is 4.79 Å². The number of aryl methyl sites for hydroxylation is 1. The van der Waals surface area contributed by atoms with Crippen molar-refractivity contribution in [1.82, 2.24) is 0 Å². The van der Waals surface area contributed by atoms with Gasteiger partial charge in [-0.2, -0.15) is 0 Å². The normalized spacial score (nSPS) is 10.3. The Labute approximate surface area is 114 Å². The monoisotopic (exact) mass is 268 g/mol. The van der Waals surface area contributed by atoms with Gasteiger partial charge in [-0.15, -0.1) is 0 Å². The van der Waals surface area contributed by atoms with Crippen molar-refractivity contribution in [2.75, 3.05) is 6.61 Å². The lowest BCUT2D eigenvalue weighted by Gasteiger charge is -2.06. The van der Waals surface area contributed by atoms with Crippen LogP contribution in [0, 0.1) is 0 Å². The van der Waals surface area contributed by atoms with Gasteiger partial charge in [-0.05, 0) is 42.1 Å². The average molecular weight is 269 g/mol. The van der Waals surface area contributed by atoms with Crippen LogP contribution in [0.4, 0.5) is 0 Å². The van der Waals surface area contributed by atoms with E-state index < -0.39 is 0 Å². The highest BCUT2D eigenvalue weighted by molar-refractivity contribution is 6.63. The van der Waals surface area contributed by atoms with Crippen LogP contribution in [0.15, 0.2) is 24.3 Å². The SMILES string of the molecule is CCCCCCOc1ccc(CCC(=O)Cl)cc1. The Morgan fingerprint density at radius 1 is 1.17 bits per heavy atom. The summed E-state index contributed by atoms with van der Waals surface area (Å²) in [4.78, 5) is 10.7. The summed E-state index contributed by atoms with van der Waals surface area (Å²) in [7, 11) is 0. The molecule has 3 heteroatoms. The molecule has 0 unspecified atom stereocenters. The van der Waals surface area contributed by atoms with Crippen molar-refractivity contribution < 1.29 is 9.53 Å². The molecule has 0 aliphatic rings. The zero-order chi connectivity index (χ0) is 13.2. The number of carbonyl (C=O) groups is 1. The maximum Gasteiger partial charge on any atom is 0.221 e. The molecule has 0 amide bonds. The lowest BCUT2D eigenvalue weighted by molar-refractivity contribution is -0.111. The first-order valence-electron chi connectivity index (χ1n) is 6.62. The Morgan fingerprint density at radius 2 is 1.89 bits per heavy atom. The van der Waals surface area contributed by atoms with Crippen LogP contribution in [-0.2, 0) is 11.2 Å². The van der Waals surface area contributed by atoms with Crippen molar-refractivity contribution >= 4 is 16.8 Å². The molecule has 0 bridgehead atoms. The minimum atomic E-state index is -0.286. The van der Waals surface area contributed by atoms with E-state index in [1.54, 1.807) is 0 Å². The number of unbranched alkanes of at least 4 members (excludes halogenated alkanes) is 3. The Kier molecular flexibility index (Phi) is 7.51. The molecule has 0 aliphatic heterocycles. The number of hydrogen-bond acceptors (Lipinski definition) is 2. The molecule has 0 saturated carbocycles. The van der Waals surface area contributed by atoms with Gasteiger partial charge in [0.1, 0.15) is 5.75 Å². The lowest BCUT2D eigenvalue weighted by atomic mass is 10.1. The molecule has 0 atom stereocenters. The highest BCUT2D eigenvalue weighted by Gasteiger charge is 1.99. The molecule has 18 heavy (non-hydrogen) atoms. The second kappa shape index (κ2) is 8.98. The van der Waals surface area contributed by atoms with Gasteiger partial charge in [-0.25, -0.2) is 0 Å². The van der Waals surface area contributed by atoms with Crippen molar-refractivity contribution in [2.45, 2.75) is 45.4 Å². The van der Waals surface area contributed by atoms with Crippen LogP contribution >= 0.6 is 11.6 Å². The largest absolute Gasteiger partial charge is 0.494 e. The summed E-state index contributed by atoms with van der Waals surface area (Å²) >= 11 is 5.31. The molecule has 0 spiro atoms. The summed E-state index contributed by atoms with van der Waals surface area (Å²) in [6, 6.07) is 7.88. The lowest BCUT2D eigenvalue weighted by Crippen LogP contribution is -1.97. The van der Waals surface area contributed by atoms with E-state index in [1.807, 2.05) is 24.3 Å². The predicted molar refractivity (Wildman–Crippen MR) is 75.3 cm³/mol. The van der Waals surface area contributed by atoms with E-state index in [-0.39, 0.29) is 5.24 Å². The highest BCUT2D eigenvalue weighted by Crippen LogP contribution is 2.14. The van der Waals surface area contributed by atoms with Crippen molar-refractivity contribution in [3.63, 3.8) is 0 Å². The third-order valence-electron chi connectivity index (χ3n) is 2.80. The third-order valence-corrected chi connectivity index (χ3v) is 2.99. The highest BCUT2D eigenvalue weighted by atomic mass is 35.5. The first kappa shape index (κ1) is 15.0. The van der Waals surface area contributed by atoms with Crippen molar-refractivity contribution in [2.24, 2.45) is 0 Å². The van der Waals surface area contributed by atoms with Gasteiger partial charge in [0.25, 0.3) is 0 Å². The minimum Gasteiger partial charge on any atom is -0.494 e. The molecule has 1 aromatic carbocycles. The molecule has 0 saturated heterocycles. The van der Waals surface area contributed by atoms with Gasteiger partial charge < -0.3 is 4.74 Å². The summed E-state index contributed by atoms with van der Waals surface area (Å²) in [6.07, 6.45) is 5.93. The molecule has 0 radical (unpaired) electrons. The molecule has 100 valence electrons. The maximum atomic E-state index is 10.7. The molecule has 0 N–H and O–H groups in total. The van der Waals surface area contributed by atoms with Crippen LogP contribution in [0.1, 0.15) is 44.6 Å². The second-order valence-corrected chi connectivity index (χ2v) is 4.83. The molecule has 0 heterocycles. The van der Waals surface area contributed by atoms with Crippen LogP contribution in [-0.4, -0.2) is 11.8 Å². The second-order valence-electron chi connectivity index (χ2n) is 4.41. The van der Waals surface area contributed by atoms with Gasteiger partial charge in [0.2, 0.25) is 5.24 Å². The molecule has 1 rings (SSSR count). The van der Waals surface area contributed by atoms with Gasteiger partial charge in [0, 0.05) is 6.42 Å². The number of halogens is 1. The number of ether oxygens (including phenoxy) is 1. The fourth-order valence-electron chi connectivity index (χ4n) is 1.71. The summed E-state index contributed by atoms with van der Waals surface area (Å²) in [6.45, 7) is 2.98. The molecule has 0 aromatic heterocycles. The van der Waals surface area contributed by atoms with Crippen molar-refractivity contribution in [3.05, 3.63) is 29.8 Å². The van der Waals surface area contributed by atoms with Gasteiger partial charge in [0.05, 0.1) is 6.61 Å². The zero-order valence-corrected chi connectivity index (χ0v) is 11.7. The molecule has 2 nitrogen and oxygen atoms in total. The van der Waals surface area contributed by atoms with E-state index in [1.165, 1.54) is 19.3 Å². The number of rotatable bonds is 9. The molecular weight excluding hydrogens is 248 g/mol. The number of carbonyl (C=O) groups excluding carboxylic acids is 1. The fraction of sp³-hybridized carbons (Fsp3) is 0.533.